The van der Waals surface area contributed by atoms with Crippen molar-refractivity contribution >= 4 is 28.7 Å². The number of carboxylic acids is 1. The van der Waals surface area contributed by atoms with Crippen molar-refractivity contribution in [3.63, 3.8) is 0 Å². The zero-order valence-electron chi connectivity index (χ0n) is 11.0. The van der Waals surface area contributed by atoms with Crippen LogP contribution in [0.15, 0.2) is 29.6 Å². The summed E-state index contributed by atoms with van der Waals surface area (Å²) < 4.78 is 4.92. The molecule has 0 radical (unpaired) electrons. The number of methoxy groups -OCH3 is 1. The van der Waals surface area contributed by atoms with Crippen molar-refractivity contribution in [1.82, 2.24) is 0 Å². The summed E-state index contributed by atoms with van der Waals surface area (Å²) in [6.07, 6.45) is 0. The molecule has 2 N–H and O–H groups in total. The number of thiophene rings is 1. The summed E-state index contributed by atoms with van der Waals surface area (Å²) in [7, 11) is 1.37. The molecule has 0 spiro atoms. The van der Waals surface area contributed by atoms with Gasteiger partial charge in [0.15, 0.2) is 5.75 Å². The highest BCUT2D eigenvalue weighted by atomic mass is 32.1. The first-order chi connectivity index (χ1) is 10.0. The van der Waals surface area contributed by atoms with Gasteiger partial charge >= 0.3 is 11.7 Å². The lowest BCUT2D eigenvalue weighted by Crippen LogP contribution is -2.00. The quantitative estimate of drug-likeness (QED) is 0.628. The van der Waals surface area contributed by atoms with E-state index in [9.17, 15) is 14.9 Å². The van der Waals surface area contributed by atoms with Crippen molar-refractivity contribution < 1.29 is 19.6 Å². The monoisotopic (exact) mass is 308 g/mol. The zero-order chi connectivity index (χ0) is 15.4. The van der Waals surface area contributed by atoms with Gasteiger partial charge in [0.25, 0.3) is 0 Å². The lowest BCUT2D eigenvalue weighted by molar-refractivity contribution is -0.385. The zero-order valence-corrected chi connectivity index (χ0v) is 11.8. The van der Waals surface area contributed by atoms with Gasteiger partial charge in [0, 0.05) is 28.6 Å². The Kier molecular flexibility index (Phi) is 4.39. The molecule has 1 heterocycles. The minimum absolute atomic E-state index is 0.125. The van der Waals surface area contributed by atoms with Gasteiger partial charge in [-0.15, -0.1) is 11.3 Å². The number of carboxylic acid groups (broad SMARTS) is 1. The fourth-order valence-corrected chi connectivity index (χ4v) is 2.52. The molecule has 0 fully saturated rings. The summed E-state index contributed by atoms with van der Waals surface area (Å²) in [5, 5.41) is 24.3. The van der Waals surface area contributed by atoms with Gasteiger partial charge in [-0.1, -0.05) is 0 Å². The van der Waals surface area contributed by atoms with E-state index in [0.29, 0.717) is 12.2 Å². The minimum atomic E-state index is -0.974. The van der Waals surface area contributed by atoms with E-state index >= 15 is 0 Å². The van der Waals surface area contributed by atoms with Gasteiger partial charge < -0.3 is 15.2 Å². The Bertz CT molecular complexity index is 683. The van der Waals surface area contributed by atoms with Crippen LogP contribution in [0.3, 0.4) is 0 Å². The van der Waals surface area contributed by atoms with Gasteiger partial charge in [-0.25, -0.2) is 4.79 Å². The normalized spacial score (nSPS) is 10.1. The highest BCUT2D eigenvalue weighted by molar-refractivity contribution is 7.10. The lowest BCUT2D eigenvalue weighted by Gasteiger charge is -2.07. The minimum Gasteiger partial charge on any atom is -0.490 e. The van der Waals surface area contributed by atoms with Gasteiger partial charge in [0.1, 0.15) is 0 Å². The third-order valence-electron chi connectivity index (χ3n) is 2.74. The number of benzene rings is 1. The summed E-state index contributed by atoms with van der Waals surface area (Å²) in [6, 6.07) is 6.12. The highest BCUT2D eigenvalue weighted by Gasteiger charge is 2.15. The first-order valence-corrected chi connectivity index (χ1v) is 6.76. The van der Waals surface area contributed by atoms with Crippen LogP contribution in [-0.4, -0.2) is 23.1 Å². The molecular formula is C13H12N2O5S. The molecule has 2 rings (SSSR count). The molecule has 8 heteroatoms. The molecule has 0 amide bonds. The average molecular weight is 308 g/mol. The summed E-state index contributed by atoms with van der Waals surface area (Å²) in [5.74, 6) is -0.785. The second-order valence-electron chi connectivity index (χ2n) is 4.10. The number of hydrogen-bond acceptors (Lipinski definition) is 6. The fourth-order valence-electron chi connectivity index (χ4n) is 1.72. The molecule has 110 valence electrons. The Hall–Kier alpha value is -2.61. The number of rotatable bonds is 6. The largest absolute Gasteiger partial charge is 0.490 e. The van der Waals surface area contributed by atoms with Crippen molar-refractivity contribution in [3.05, 3.63) is 50.2 Å². The first-order valence-electron chi connectivity index (χ1n) is 5.88. The molecule has 0 aliphatic heterocycles. The smallest absolute Gasteiger partial charge is 0.336 e. The topological polar surface area (TPSA) is 102 Å². The lowest BCUT2D eigenvalue weighted by atomic mass is 10.2. The third kappa shape index (κ3) is 3.48. The predicted octanol–water partition coefficient (Wildman–Crippen LogP) is 2.98. The number of ether oxygens (including phenoxy) is 1. The summed E-state index contributed by atoms with van der Waals surface area (Å²) >= 11 is 1.31. The maximum absolute atomic E-state index is 10.9. The van der Waals surface area contributed by atoms with E-state index in [1.54, 1.807) is 17.5 Å². The molecule has 0 bridgehead atoms. The van der Waals surface area contributed by atoms with Gasteiger partial charge in [-0.3, -0.25) is 10.1 Å². The number of hydrogen-bond donors (Lipinski definition) is 2. The summed E-state index contributed by atoms with van der Waals surface area (Å²) in [6.45, 7) is 0.390. The number of nitrogens with zero attached hydrogens (tertiary/aromatic N) is 1. The summed E-state index contributed by atoms with van der Waals surface area (Å²) in [5.41, 5.74) is 0.671. The second-order valence-corrected chi connectivity index (χ2v) is 5.10. The molecule has 21 heavy (non-hydrogen) atoms. The molecule has 0 atom stereocenters. The van der Waals surface area contributed by atoms with Crippen molar-refractivity contribution in [3.8, 4) is 5.75 Å². The molecule has 0 aliphatic rings. The van der Waals surface area contributed by atoms with Gasteiger partial charge in [-0.05, 0) is 18.2 Å². The number of aromatic carboxylic acids is 1. The van der Waals surface area contributed by atoms with Gasteiger partial charge in [-0.2, -0.15) is 0 Å². The Morgan fingerprint density at radius 3 is 2.81 bits per heavy atom. The Labute approximate surface area is 123 Å². The molecule has 7 nitrogen and oxygen atoms in total. The maximum Gasteiger partial charge on any atom is 0.336 e. The summed E-state index contributed by atoms with van der Waals surface area (Å²) in [4.78, 5) is 22.0. The van der Waals surface area contributed by atoms with E-state index in [1.165, 1.54) is 30.6 Å². The second kappa shape index (κ2) is 6.23. The van der Waals surface area contributed by atoms with E-state index in [2.05, 4.69) is 5.32 Å². The van der Waals surface area contributed by atoms with Crippen molar-refractivity contribution in [2.75, 3.05) is 12.4 Å². The Morgan fingerprint density at radius 2 is 2.24 bits per heavy atom. The van der Waals surface area contributed by atoms with E-state index < -0.39 is 10.9 Å². The van der Waals surface area contributed by atoms with Crippen LogP contribution >= 0.6 is 11.3 Å². The van der Waals surface area contributed by atoms with Crippen molar-refractivity contribution in [2.45, 2.75) is 6.54 Å². The SMILES string of the molecule is COc1ccc(NCc2cc(C(=O)O)cs2)cc1[N+](=O)[O-]. The first kappa shape index (κ1) is 14.8. The Balaban J connectivity index is 2.10. The molecular weight excluding hydrogens is 296 g/mol. The van der Waals surface area contributed by atoms with E-state index in [4.69, 9.17) is 9.84 Å². The molecule has 1 aromatic heterocycles. The van der Waals surface area contributed by atoms with Crippen LogP contribution in [0.5, 0.6) is 5.75 Å². The molecule has 1 aromatic carbocycles. The van der Waals surface area contributed by atoms with E-state index in [1.807, 2.05) is 0 Å². The van der Waals surface area contributed by atoms with Crippen LogP contribution in [0.1, 0.15) is 15.2 Å². The predicted molar refractivity (Wildman–Crippen MR) is 78.3 cm³/mol. The third-order valence-corrected chi connectivity index (χ3v) is 3.68. The number of anilines is 1. The van der Waals surface area contributed by atoms with Gasteiger partial charge in [0.05, 0.1) is 17.6 Å². The number of nitro benzene ring substituents is 1. The maximum atomic E-state index is 10.9. The fraction of sp³-hybridized carbons (Fsp3) is 0.154. The van der Waals surface area contributed by atoms with Crippen molar-refractivity contribution in [2.24, 2.45) is 0 Å². The Morgan fingerprint density at radius 1 is 1.48 bits per heavy atom. The van der Waals surface area contributed by atoms with Gasteiger partial charge in [0.2, 0.25) is 0 Å². The highest BCUT2D eigenvalue weighted by Crippen LogP contribution is 2.30. The average Bonchev–Trinajstić information content (AvgIpc) is 2.94. The van der Waals surface area contributed by atoms with Crippen LogP contribution in [0, 0.1) is 10.1 Å². The van der Waals surface area contributed by atoms with Crippen molar-refractivity contribution in [1.29, 1.82) is 0 Å². The molecule has 0 unspecified atom stereocenters. The molecule has 0 saturated carbocycles. The number of nitro groups is 1. The number of carbonyl (C=O) groups is 1. The molecule has 0 saturated heterocycles. The van der Waals surface area contributed by atoms with Crippen LogP contribution in [0.2, 0.25) is 0 Å². The van der Waals surface area contributed by atoms with Crippen LogP contribution < -0.4 is 10.1 Å². The molecule has 0 aliphatic carbocycles. The number of nitrogens with one attached hydrogen (secondary N) is 1. The van der Waals surface area contributed by atoms with E-state index in [-0.39, 0.29) is 17.0 Å². The van der Waals surface area contributed by atoms with Crippen LogP contribution in [0.4, 0.5) is 11.4 Å². The van der Waals surface area contributed by atoms with Crippen LogP contribution in [-0.2, 0) is 6.54 Å². The standard InChI is InChI=1S/C13H12N2O5S/c1-20-12-3-2-9(5-11(12)15(18)19)14-6-10-4-8(7-21-10)13(16)17/h2-5,7,14H,6H2,1H3,(H,16,17). The van der Waals surface area contributed by atoms with E-state index in [0.717, 1.165) is 4.88 Å². The van der Waals surface area contributed by atoms with Crippen LogP contribution in [0.25, 0.3) is 0 Å². The molecule has 2 aromatic rings.